The van der Waals surface area contributed by atoms with Crippen LogP contribution in [0, 0.1) is 0 Å². The zero-order valence-electron chi connectivity index (χ0n) is 11.0. The Labute approximate surface area is 119 Å². The third-order valence-corrected chi connectivity index (χ3v) is 4.20. The van der Waals surface area contributed by atoms with Gasteiger partial charge in [0.2, 0.25) is 4.80 Å². The maximum Gasteiger partial charge on any atom is 0.271 e. The van der Waals surface area contributed by atoms with Gasteiger partial charge in [-0.2, -0.15) is 0 Å². The first kappa shape index (κ1) is 13.3. The minimum absolute atomic E-state index is 0.276. The smallest absolute Gasteiger partial charge is 0.271 e. The van der Waals surface area contributed by atoms with E-state index in [4.69, 9.17) is 9.47 Å². The van der Waals surface area contributed by atoms with Crippen molar-refractivity contribution in [3.05, 3.63) is 29.1 Å². The lowest BCUT2D eigenvalue weighted by Crippen LogP contribution is -2.41. The van der Waals surface area contributed by atoms with E-state index in [1.165, 1.54) is 11.3 Å². The SMILES string of the molecule is Cn1/c(=N\NC(=O)C2COCCO2)sc2ccccc21. The van der Waals surface area contributed by atoms with Gasteiger partial charge in [0.25, 0.3) is 5.91 Å². The molecule has 3 rings (SSSR count). The Hall–Kier alpha value is -1.70. The Morgan fingerprint density at radius 3 is 3.05 bits per heavy atom. The number of nitrogens with one attached hydrogen (secondary N) is 1. The summed E-state index contributed by atoms with van der Waals surface area (Å²) in [4.78, 5) is 12.6. The summed E-state index contributed by atoms with van der Waals surface area (Å²) in [7, 11) is 1.92. The number of hydrogen-bond donors (Lipinski definition) is 1. The summed E-state index contributed by atoms with van der Waals surface area (Å²) >= 11 is 1.52. The Balaban J connectivity index is 1.80. The highest BCUT2D eigenvalue weighted by Gasteiger charge is 2.22. The Morgan fingerprint density at radius 2 is 2.30 bits per heavy atom. The van der Waals surface area contributed by atoms with Crippen LogP contribution in [0.1, 0.15) is 0 Å². The van der Waals surface area contributed by atoms with Gasteiger partial charge in [0, 0.05) is 7.05 Å². The molecule has 1 aliphatic rings. The molecule has 0 aliphatic carbocycles. The fraction of sp³-hybridized carbons (Fsp3) is 0.385. The largest absolute Gasteiger partial charge is 0.376 e. The van der Waals surface area contributed by atoms with E-state index < -0.39 is 6.10 Å². The molecule has 1 atom stereocenters. The van der Waals surface area contributed by atoms with E-state index in [0.717, 1.165) is 15.0 Å². The van der Waals surface area contributed by atoms with Gasteiger partial charge in [-0.3, -0.25) is 4.79 Å². The van der Waals surface area contributed by atoms with E-state index in [0.29, 0.717) is 13.2 Å². The number of para-hydroxylation sites is 1. The van der Waals surface area contributed by atoms with E-state index in [9.17, 15) is 4.79 Å². The number of thiazole rings is 1. The quantitative estimate of drug-likeness (QED) is 0.824. The van der Waals surface area contributed by atoms with E-state index in [1.807, 2.05) is 35.9 Å². The summed E-state index contributed by atoms with van der Waals surface area (Å²) in [6.07, 6.45) is -0.577. The topological polar surface area (TPSA) is 64.9 Å². The molecule has 1 amide bonds. The number of nitrogens with zero attached hydrogens (tertiary/aromatic N) is 2. The molecular formula is C13H15N3O3S. The van der Waals surface area contributed by atoms with Crippen LogP contribution < -0.4 is 10.2 Å². The molecule has 1 aromatic carbocycles. The first-order valence-electron chi connectivity index (χ1n) is 6.33. The molecular weight excluding hydrogens is 278 g/mol. The highest BCUT2D eigenvalue weighted by atomic mass is 32.1. The number of amides is 1. The van der Waals surface area contributed by atoms with Crippen molar-refractivity contribution in [3.63, 3.8) is 0 Å². The van der Waals surface area contributed by atoms with Crippen LogP contribution in [0.25, 0.3) is 10.2 Å². The Morgan fingerprint density at radius 1 is 1.45 bits per heavy atom. The van der Waals surface area contributed by atoms with Crippen LogP contribution in [0.5, 0.6) is 0 Å². The number of fused-ring (bicyclic) bond motifs is 1. The zero-order chi connectivity index (χ0) is 13.9. The monoisotopic (exact) mass is 293 g/mol. The lowest BCUT2D eigenvalue weighted by Gasteiger charge is -2.20. The fourth-order valence-electron chi connectivity index (χ4n) is 2.00. The minimum atomic E-state index is -0.577. The van der Waals surface area contributed by atoms with Crippen LogP contribution >= 0.6 is 11.3 Å². The summed E-state index contributed by atoms with van der Waals surface area (Å²) in [6, 6.07) is 8.00. The second kappa shape index (κ2) is 5.74. The molecule has 2 heterocycles. The molecule has 1 fully saturated rings. The lowest BCUT2D eigenvalue weighted by atomic mass is 10.3. The summed E-state index contributed by atoms with van der Waals surface area (Å²) in [5, 5.41) is 4.16. The van der Waals surface area contributed by atoms with Crippen molar-refractivity contribution in [2.75, 3.05) is 19.8 Å². The average Bonchev–Trinajstić information content (AvgIpc) is 2.83. The predicted molar refractivity (Wildman–Crippen MR) is 75.1 cm³/mol. The molecule has 1 aliphatic heterocycles. The number of aromatic nitrogens is 1. The van der Waals surface area contributed by atoms with Crippen molar-refractivity contribution in [2.45, 2.75) is 6.10 Å². The number of rotatable bonds is 2. The van der Waals surface area contributed by atoms with E-state index in [1.54, 1.807) is 0 Å². The third kappa shape index (κ3) is 2.60. The van der Waals surface area contributed by atoms with Crippen LogP contribution in [-0.4, -0.2) is 36.4 Å². The van der Waals surface area contributed by atoms with Crippen molar-refractivity contribution >= 4 is 27.5 Å². The Bertz CT molecular complexity index is 685. The highest BCUT2D eigenvalue weighted by molar-refractivity contribution is 7.16. The van der Waals surface area contributed by atoms with E-state index in [-0.39, 0.29) is 12.5 Å². The van der Waals surface area contributed by atoms with Gasteiger partial charge in [0.1, 0.15) is 0 Å². The van der Waals surface area contributed by atoms with Gasteiger partial charge in [-0.05, 0) is 12.1 Å². The van der Waals surface area contributed by atoms with Gasteiger partial charge in [-0.1, -0.05) is 23.5 Å². The van der Waals surface area contributed by atoms with E-state index in [2.05, 4.69) is 10.5 Å². The van der Waals surface area contributed by atoms with Gasteiger partial charge >= 0.3 is 0 Å². The van der Waals surface area contributed by atoms with Crippen LogP contribution in [0.15, 0.2) is 29.4 Å². The lowest BCUT2D eigenvalue weighted by molar-refractivity contribution is -0.147. The molecule has 0 saturated carbocycles. The molecule has 1 N–H and O–H groups in total. The molecule has 1 aromatic heterocycles. The summed E-state index contributed by atoms with van der Waals surface area (Å²) in [6.45, 7) is 1.25. The zero-order valence-corrected chi connectivity index (χ0v) is 11.9. The molecule has 7 heteroatoms. The fourth-order valence-corrected chi connectivity index (χ4v) is 2.98. The number of carbonyl (C=O) groups is 1. The maximum atomic E-state index is 11.9. The summed E-state index contributed by atoms with van der Waals surface area (Å²) < 4.78 is 13.6. The Kier molecular flexibility index (Phi) is 3.81. The predicted octanol–water partition coefficient (Wildman–Crippen LogP) is 0.587. The molecule has 2 aromatic rings. The summed E-state index contributed by atoms with van der Waals surface area (Å²) in [5.74, 6) is -0.276. The third-order valence-electron chi connectivity index (χ3n) is 3.08. The number of aryl methyl sites for hydroxylation is 1. The standard InChI is InChI=1S/C13H15N3O3S/c1-16-9-4-2-3-5-11(9)20-13(16)15-14-12(17)10-8-18-6-7-19-10/h2-5,10H,6-8H2,1H3,(H,14,17)/b15-13+. The molecule has 0 spiro atoms. The van der Waals surface area contributed by atoms with Crippen LogP contribution in [-0.2, 0) is 21.3 Å². The molecule has 0 bridgehead atoms. The minimum Gasteiger partial charge on any atom is -0.376 e. The number of benzene rings is 1. The van der Waals surface area contributed by atoms with E-state index >= 15 is 0 Å². The second-order valence-electron chi connectivity index (χ2n) is 4.43. The van der Waals surface area contributed by atoms with Crippen molar-refractivity contribution in [1.29, 1.82) is 0 Å². The molecule has 20 heavy (non-hydrogen) atoms. The molecule has 0 radical (unpaired) electrons. The van der Waals surface area contributed by atoms with Crippen molar-refractivity contribution in [3.8, 4) is 0 Å². The number of hydrogen-bond acceptors (Lipinski definition) is 5. The molecule has 6 nitrogen and oxygen atoms in total. The second-order valence-corrected chi connectivity index (χ2v) is 5.44. The normalized spacial score (nSPS) is 20.2. The maximum absolute atomic E-state index is 11.9. The van der Waals surface area contributed by atoms with Crippen LogP contribution in [0.2, 0.25) is 0 Å². The molecule has 1 unspecified atom stereocenters. The first-order chi connectivity index (χ1) is 9.75. The van der Waals surface area contributed by atoms with Crippen molar-refractivity contribution in [1.82, 2.24) is 9.99 Å². The van der Waals surface area contributed by atoms with Gasteiger partial charge in [0.15, 0.2) is 6.10 Å². The number of ether oxygens (including phenoxy) is 2. The first-order valence-corrected chi connectivity index (χ1v) is 7.15. The molecule has 1 saturated heterocycles. The highest BCUT2D eigenvalue weighted by Crippen LogP contribution is 2.14. The van der Waals surface area contributed by atoms with Gasteiger partial charge in [-0.25, -0.2) is 5.43 Å². The van der Waals surface area contributed by atoms with Crippen LogP contribution in [0.4, 0.5) is 0 Å². The van der Waals surface area contributed by atoms with Gasteiger partial charge in [-0.15, -0.1) is 5.10 Å². The van der Waals surface area contributed by atoms with Crippen molar-refractivity contribution in [2.24, 2.45) is 12.1 Å². The van der Waals surface area contributed by atoms with Crippen LogP contribution in [0.3, 0.4) is 0 Å². The number of carbonyl (C=O) groups excluding carboxylic acids is 1. The van der Waals surface area contributed by atoms with Crippen molar-refractivity contribution < 1.29 is 14.3 Å². The van der Waals surface area contributed by atoms with Gasteiger partial charge < -0.3 is 14.0 Å². The summed E-state index contributed by atoms with van der Waals surface area (Å²) in [5.41, 5.74) is 3.63. The average molecular weight is 293 g/mol. The van der Waals surface area contributed by atoms with Gasteiger partial charge in [0.05, 0.1) is 30.0 Å². The molecule has 106 valence electrons.